The fraction of sp³-hybridized carbons (Fsp3) is 0.818. The zero-order chi connectivity index (χ0) is 10.3. The summed E-state index contributed by atoms with van der Waals surface area (Å²) in [7, 11) is 4.21. The van der Waals surface area contributed by atoms with Crippen molar-refractivity contribution in [3.05, 3.63) is 12.7 Å². The Morgan fingerprint density at radius 2 is 2.00 bits per heavy atom. The predicted octanol–water partition coefficient (Wildman–Crippen LogP) is 2.31. The largest absolute Gasteiger partial charge is 0.380 e. The Kier molecular flexibility index (Phi) is 6.00. The normalized spacial score (nSPS) is 15.8. The van der Waals surface area contributed by atoms with Gasteiger partial charge in [0.1, 0.15) is 0 Å². The van der Waals surface area contributed by atoms with Crippen LogP contribution in [0.3, 0.4) is 0 Å². The van der Waals surface area contributed by atoms with Gasteiger partial charge in [-0.05, 0) is 33.9 Å². The quantitative estimate of drug-likeness (QED) is 0.564. The summed E-state index contributed by atoms with van der Waals surface area (Å²) in [5.74, 6) is 0. The van der Waals surface area contributed by atoms with E-state index in [1.54, 1.807) is 0 Å². The minimum Gasteiger partial charge on any atom is -0.380 e. The van der Waals surface area contributed by atoms with Crippen LogP contribution in [0.4, 0.5) is 0 Å². The predicted molar refractivity (Wildman–Crippen MR) is 58.0 cm³/mol. The molecule has 1 atom stereocenters. The van der Waals surface area contributed by atoms with Crippen LogP contribution in [0.1, 0.15) is 26.7 Å². The van der Waals surface area contributed by atoms with Crippen molar-refractivity contribution in [2.45, 2.75) is 32.2 Å². The van der Waals surface area contributed by atoms with Gasteiger partial charge < -0.3 is 9.64 Å². The third kappa shape index (κ3) is 3.49. The Labute approximate surface area is 82.6 Å². The lowest BCUT2D eigenvalue weighted by Gasteiger charge is -2.38. The van der Waals surface area contributed by atoms with Crippen molar-refractivity contribution in [1.82, 2.24) is 4.90 Å². The molecule has 0 radical (unpaired) electrons. The van der Waals surface area contributed by atoms with Gasteiger partial charge in [-0.15, -0.1) is 6.58 Å². The molecule has 0 fully saturated rings. The Balaban J connectivity index is 4.34. The molecule has 0 spiro atoms. The van der Waals surface area contributed by atoms with E-state index in [4.69, 9.17) is 4.74 Å². The molecule has 0 aliphatic heterocycles. The number of likely N-dealkylation sites (N-methyl/N-ethyl adjacent to an activating group) is 1. The van der Waals surface area contributed by atoms with Crippen LogP contribution in [0.25, 0.3) is 0 Å². The minimum atomic E-state index is 0.137. The van der Waals surface area contributed by atoms with Gasteiger partial charge in [0.05, 0.1) is 6.61 Å². The molecule has 0 unspecified atom stereocenters. The highest BCUT2D eigenvalue weighted by molar-refractivity contribution is 4.92. The van der Waals surface area contributed by atoms with E-state index in [2.05, 4.69) is 32.5 Å². The van der Waals surface area contributed by atoms with Crippen molar-refractivity contribution in [3.8, 4) is 0 Å². The Morgan fingerprint density at radius 3 is 2.31 bits per heavy atom. The van der Waals surface area contributed by atoms with Gasteiger partial charge in [-0.1, -0.05) is 13.0 Å². The van der Waals surface area contributed by atoms with E-state index in [-0.39, 0.29) is 5.54 Å². The van der Waals surface area contributed by atoms with Crippen molar-refractivity contribution in [2.75, 3.05) is 27.3 Å². The Bertz CT molecular complexity index is 145. The second-order valence-electron chi connectivity index (χ2n) is 3.60. The van der Waals surface area contributed by atoms with Crippen LogP contribution in [0.5, 0.6) is 0 Å². The topological polar surface area (TPSA) is 12.5 Å². The molecule has 0 saturated carbocycles. The minimum absolute atomic E-state index is 0.137. The SMILES string of the molecule is C=CC[C@@](CC)(COCC)N(C)C. The molecular formula is C11H23NO. The van der Waals surface area contributed by atoms with E-state index in [1.807, 2.05) is 13.0 Å². The fourth-order valence-corrected chi connectivity index (χ4v) is 1.49. The van der Waals surface area contributed by atoms with Gasteiger partial charge in [-0.25, -0.2) is 0 Å². The highest BCUT2D eigenvalue weighted by Crippen LogP contribution is 2.22. The van der Waals surface area contributed by atoms with Crippen LogP contribution < -0.4 is 0 Å². The second-order valence-corrected chi connectivity index (χ2v) is 3.60. The molecule has 0 aromatic heterocycles. The average molecular weight is 185 g/mol. The highest BCUT2D eigenvalue weighted by Gasteiger charge is 2.29. The smallest absolute Gasteiger partial charge is 0.0652 e. The molecule has 0 aliphatic carbocycles. The van der Waals surface area contributed by atoms with E-state index >= 15 is 0 Å². The van der Waals surface area contributed by atoms with Crippen LogP contribution in [0, 0.1) is 0 Å². The second kappa shape index (κ2) is 6.17. The molecule has 0 heterocycles. The average Bonchev–Trinajstić information content (AvgIpc) is 2.12. The number of ether oxygens (including phenoxy) is 1. The van der Waals surface area contributed by atoms with Gasteiger partial charge in [-0.2, -0.15) is 0 Å². The molecule has 0 amide bonds. The number of hydrogen-bond acceptors (Lipinski definition) is 2. The van der Waals surface area contributed by atoms with Crippen molar-refractivity contribution in [2.24, 2.45) is 0 Å². The van der Waals surface area contributed by atoms with Crippen LogP contribution in [0.2, 0.25) is 0 Å². The van der Waals surface area contributed by atoms with E-state index in [0.717, 1.165) is 26.1 Å². The third-order valence-corrected chi connectivity index (χ3v) is 2.71. The number of rotatable bonds is 7. The van der Waals surface area contributed by atoms with Gasteiger partial charge in [0.25, 0.3) is 0 Å². The third-order valence-electron chi connectivity index (χ3n) is 2.71. The first-order valence-electron chi connectivity index (χ1n) is 4.99. The monoisotopic (exact) mass is 185 g/mol. The lowest BCUT2D eigenvalue weighted by atomic mass is 9.91. The molecule has 0 rings (SSSR count). The Morgan fingerprint density at radius 1 is 1.38 bits per heavy atom. The Hall–Kier alpha value is -0.340. The summed E-state index contributed by atoms with van der Waals surface area (Å²) in [5.41, 5.74) is 0.137. The van der Waals surface area contributed by atoms with E-state index in [1.165, 1.54) is 0 Å². The number of nitrogens with zero attached hydrogens (tertiary/aromatic N) is 1. The standard InChI is InChI=1S/C11H23NO/c1-6-9-11(7-2,12(4)5)10-13-8-3/h6H,1,7-10H2,2-5H3/t11-/m0/s1. The summed E-state index contributed by atoms with van der Waals surface area (Å²) in [5, 5.41) is 0. The van der Waals surface area contributed by atoms with Crippen molar-refractivity contribution >= 4 is 0 Å². The van der Waals surface area contributed by atoms with Gasteiger partial charge in [0.2, 0.25) is 0 Å². The molecule has 78 valence electrons. The molecule has 0 aliphatic rings. The van der Waals surface area contributed by atoms with Crippen LogP contribution in [-0.4, -0.2) is 37.7 Å². The summed E-state index contributed by atoms with van der Waals surface area (Å²) >= 11 is 0. The van der Waals surface area contributed by atoms with Crippen molar-refractivity contribution in [3.63, 3.8) is 0 Å². The first-order valence-corrected chi connectivity index (χ1v) is 4.99. The summed E-state index contributed by atoms with van der Waals surface area (Å²) in [6.07, 6.45) is 4.05. The lowest BCUT2D eigenvalue weighted by molar-refractivity contribution is 0.0194. The molecule has 13 heavy (non-hydrogen) atoms. The zero-order valence-corrected chi connectivity index (χ0v) is 9.47. The number of hydrogen-bond donors (Lipinski definition) is 0. The van der Waals surface area contributed by atoms with Crippen LogP contribution >= 0.6 is 0 Å². The maximum absolute atomic E-state index is 5.51. The summed E-state index contributed by atoms with van der Waals surface area (Å²) in [4.78, 5) is 2.24. The molecule has 0 aromatic rings. The van der Waals surface area contributed by atoms with E-state index in [0.29, 0.717) is 0 Å². The lowest BCUT2D eigenvalue weighted by Crippen LogP contribution is -2.47. The first kappa shape index (κ1) is 12.7. The van der Waals surface area contributed by atoms with Crippen molar-refractivity contribution in [1.29, 1.82) is 0 Å². The molecule has 0 saturated heterocycles. The summed E-state index contributed by atoms with van der Waals surface area (Å²) in [6, 6.07) is 0. The molecular weight excluding hydrogens is 162 g/mol. The molecule has 0 aromatic carbocycles. The summed E-state index contributed by atoms with van der Waals surface area (Å²) in [6.45, 7) is 9.61. The van der Waals surface area contributed by atoms with Gasteiger partial charge in [0, 0.05) is 12.1 Å². The van der Waals surface area contributed by atoms with Gasteiger partial charge >= 0.3 is 0 Å². The van der Waals surface area contributed by atoms with Crippen LogP contribution in [-0.2, 0) is 4.74 Å². The maximum Gasteiger partial charge on any atom is 0.0652 e. The molecule has 2 heteroatoms. The first-order chi connectivity index (χ1) is 6.13. The fourth-order valence-electron chi connectivity index (χ4n) is 1.49. The zero-order valence-electron chi connectivity index (χ0n) is 9.47. The molecule has 0 N–H and O–H groups in total. The van der Waals surface area contributed by atoms with Gasteiger partial charge in [0.15, 0.2) is 0 Å². The van der Waals surface area contributed by atoms with Crippen molar-refractivity contribution < 1.29 is 4.74 Å². The maximum atomic E-state index is 5.51. The van der Waals surface area contributed by atoms with Gasteiger partial charge in [-0.3, -0.25) is 0 Å². The van der Waals surface area contributed by atoms with Crippen LogP contribution in [0.15, 0.2) is 12.7 Å². The summed E-state index contributed by atoms with van der Waals surface area (Å²) < 4.78 is 5.51. The highest BCUT2D eigenvalue weighted by atomic mass is 16.5. The molecule has 0 bridgehead atoms. The molecule has 2 nitrogen and oxygen atoms in total. The van der Waals surface area contributed by atoms with E-state index < -0.39 is 0 Å². The van der Waals surface area contributed by atoms with E-state index in [9.17, 15) is 0 Å².